The van der Waals surface area contributed by atoms with Crippen molar-refractivity contribution in [2.75, 3.05) is 5.32 Å². The van der Waals surface area contributed by atoms with Crippen LogP contribution in [-0.2, 0) is 4.79 Å². The van der Waals surface area contributed by atoms with Crippen LogP contribution < -0.4 is 10.9 Å². The zero-order valence-corrected chi connectivity index (χ0v) is 17.6. The first-order valence-corrected chi connectivity index (χ1v) is 10.3. The number of thioether (sulfide) groups is 1. The zero-order valence-electron chi connectivity index (χ0n) is 16.8. The molecular weight excluding hydrogens is 386 g/mol. The average Bonchev–Trinajstić information content (AvgIpc) is 2.68. The predicted octanol–water partition coefficient (Wildman–Crippen LogP) is 4.30. The van der Waals surface area contributed by atoms with Crippen molar-refractivity contribution in [3.8, 4) is 0 Å². The van der Waals surface area contributed by atoms with Crippen LogP contribution in [0.25, 0.3) is 10.9 Å². The van der Waals surface area contributed by atoms with Crippen LogP contribution in [0, 0.1) is 0 Å². The molecule has 0 fully saturated rings. The number of aromatic nitrogens is 2. The molecule has 0 saturated carbocycles. The van der Waals surface area contributed by atoms with Gasteiger partial charge in [-0.2, -0.15) is 0 Å². The Labute approximate surface area is 173 Å². The molecule has 0 saturated heterocycles. The minimum absolute atomic E-state index is 0.0650. The van der Waals surface area contributed by atoms with E-state index in [0.29, 0.717) is 27.3 Å². The van der Waals surface area contributed by atoms with Crippen LogP contribution in [0.3, 0.4) is 0 Å². The van der Waals surface area contributed by atoms with Crippen LogP contribution in [-0.4, -0.2) is 26.5 Å². The summed E-state index contributed by atoms with van der Waals surface area (Å²) in [6, 6.07) is 13.9. The normalized spacial score (nSPS) is 12.2. The lowest BCUT2D eigenvalue weighted by atomic mass is 10.1. The maximum absolute atomic E-state index is 12.9. The summed E-state index contributed by atoms with van der Waals surface area (Å²) in [5, 5.41) is 3.40. The molecule has 7 heteroatoms. The van der Waals surface area contributed by atoms with Crippen molar-refractivity contribution in [2.24, 2.45) is 0 Å². The third-order valence-electron chi connectivity index (χ3n) is 4.48. The van der Waals surface area contributed by atoms with Crippen LogP contribution in [0.2, 0.25) is 0 Å². The average molecular weight is 410 g/mol. The van der Waals surface area contributed by atoms with Gasteiger partial charge in [-0.15, -0.1) is 0 Å². The molecule has 1 atom stereocenters. The van der Waals surface area contributed by atoms with E-state index >= 15 is 0 Å². The molecule has 1 aromatic heterocycles. The molecule has 0 aliphatic carbocycles. The number of para-hydroxylation sites is 1. The summed E-state index contributed by atoms with van der Waals surface area (Å²) in [7, 11) is 0. The van der Waals surface area contributed by atoms with Gasteiger partial charge < -0.3 is 5.32 Å². The lowest BCUT2D eigenvalue weighted by Gasteiger charge is -2.18. The van der Waals surface area contributed by atoms with E-state index in [2.05, 4.69) is 10.3 Å². The highest BCUT2D eigenvalue weighted by molar-refractivity contribution is 8.00. The summed E-state index contributed by atoms with van der Waals surface area (Å²) in [5.74, 6) is -0.293. The molecule has 1 heterocycles. The Bertz CT molecular complexity index is 1140. The lowest BCUT2D eigenvalue weighted by molar-refractivity contribution is -0.115. The van der Waals surface area contributed by atoms with Gasteiger partial charge in [-0.3, -0.25) is 19.0 Å². The summed E-state index contributed by atoms with van der Waals surface area (Å²) >= 11 is 1.24. The van der Waals surface area contributed by atoms with Crippen molar-refractivity contribution < 1.29 is 9.59 Å². The fourth-order valence-electron chi connectivity index (χ4n) is 2.94. The molecule has 0 radical (unpaired) electrons. The first-order valence-electron chi connectivity index (χ1n) is 9.37. The molecule has 1 N–H and O–H groups in total. The summed E-state index contributed by atoms with van der Waals surface area (Å²) in [5.41, 5.74) is 1.59. The van der Waals surface area contributed by atoms with E-state index in [0.717, 1.165) is 0 Å². The fourth-order valence-corrected chi connectivity index (χ4v) is 3.98. The Morgan fingerprint density at radius 3 is 2.48 bits per heavy atom. The standard InChI is InChI=1S/C22H23N3O3S/c1-13(2)25-21(28)18-10-5-6-11-19(18)24-22(25)29-15(4)20(27)23-17-9-7-8-16(12-17)14(3)26/h5-13,15H,1-4H3,(H,23,27)/t15-/m0/s1. The van der Waals surface area contributed by atoms with Gasteiger partial charge in [-0.05, 0) is 52.0 Å². The van der Waals surface area contributed by atoms with E-state index in [1.165, 1.54) is 18.7 Å². The van der Waals surface area contributed by atoms with E-state index in [1.807, 2.05) is 26.0 Å². The topological polar surface area (TPSA) is 81.1 Å². The number of ketones is 1. The second kappa shape index (κ2) is 8.61. The Morgan fingerprint density at radius 1 is 1.07 bits per heavy atom. The van der Waals surface area contributed by atoms with Gasteiger partial charge in [0, 0.05) is 17.3 Å². The lowest BCUT2D eigenvalue weighted by Crippen LogP contribution is -2.28. The number of carbonyl (C=O) groups excluding carboxylic acids is 2. The Balaban J connectivity index is 1.87. The van der Waals surface area contributed by atoms with Crippen LogP contribution in [0.1, 0.15) is 44.1 Å². The Morgan fingerprint density at radius 2 is 1.79 bits per heavy atom. The maximum Gasteiger partial charge on any atom is 0.262 e. The zero-order chi connectivity index (χ0) is 21.1. The minimum atomic E-state index is -0.492. The Kier molecular flexibility index (Phi) is 6.17. The van der Waals surface area contributed by atoms with E-state index in [1.54, 1.807) is 47.9 Å². The van der Waals surface area contributed by atoms with Crippen LogP contribution in [0.5, 0.6) is 0 Å². The number of fused-ring (bicyclic) bond motifs is 1. The largest absolute Gasteiger partial charge is 0.325 e. The second-order valence-electron chi connectivity index (χ2n) is 7.07. The maximum atomic E-state index is 12.9. The molecule has 6 nitrogen and oxygen atoms in total. The summed E-state index contributed by atoms with van der Waals surface area (Å²) < 4.78 is 1.62. The highest BCUT2D eigenvalue weighted by Gasteiger charge is 2.21. The molecule has 29 heavy (non-hydrogen) atoms. The van der Waals surface area contributed by atoms with Crippen molar-refractivity contribution in [3.05, 3.63) is 64.4 Å². The minimum Gasteiger partial charge on any atom is -0.325 e. The van der Waals surface area contributed by atoms with E-state index in [-0.39, 0.29) is 23.3 Å². The predicted molar refractivity (Wildman–Crippen MR) is 117 cm³/mol. The van der Waals surface area contributed by atoms with Gasteiger partial charge in [0.2, 0.25) is 5.91 Å². The number of hydrogen-bond acceptors (Lipinski definition) is 5. The monoisotopic (exact) mass is 409 g/mol. The summed E-state index contributed by atoms with van der Waals surface area (Å²) in [6.07, 6.45) is 0. The third-order valence-corrected chi connectivity index (χ3v) is 5.55. The molecule has 3 aromatic rings. The number of carbonyl (C=O) groups is 2. The van der Waals surface area contributed by atoms with Crippen molar-refractivity contribution in [1.29, 1.82) is 0 Å². The van der Waals surface area contributed by atoms with Gasteiger partial charge >= 0.3 is 0 Å². The smallest absolute Gasteiger partial charge is 0.262 e. The Hall–Kier alpha value is -2.93. The number of nitrogens with zero attached hydrogens (tertiary/aromatic N) is 2. The third kappa shape index (κ3) is 4.56. The molecule has 0 bridgehead atoms. The van der Waals surface area contributed by atoms with Crippen LogP contribution in [0.15, 0.2) is 58.5 Å². The van der Waals surface area contributed by atoms with Gasteiger partial charge in [0.1, 0.15) is 0 Å². The summed E-state index contributed by atoms with van der Waals surface area (Å²) in [6.45, 7) is 7.08. The van der Waals surface area contributed by atoms with Gasteiger partial charge in [0.15, 0.2) is 10.9 Å². The van der Waals surface area contributed by atoms with Gasteiger partial charge in [-0.25, -0.2) is 4.98 Å². The second-order valence-corrected chi connectivity index (χ2v) is 8.37. The first-order chi connectivity index (χ1) is 13.8. The molecule has 2 aromatic carbocycles. The van der Waals surface area contributed by atoms with Crippen molar-refractivity contribution in [2.45, 2.75) is 44.1 Å². The van der Waals surface area contributed by atoms with Gasteiger partial charge in [0.05, 0.1) is 16.2 Å². The molecule has 3 rings (SSSR count). The summed E-state index contributed by atoms with van der Waals surface area (Å²) in [4.78, 5) is 41.8. The van der Waals surface area contributed by atoms with Crippen molar-refractivity contribution in [1.82, 2.24) is 9.55 Å². The molecule has 150 valence electrons. The van der Waals surface area contributed by atoms with E-state index < -0.39 is 5.25 Å². The number of rotatable bonds is 6. The number of Topliss-reactive ketones (excluding diaryl/α,β-unsaturated/α-hetero) is 1. The number of benzene rings is 2. The first kappa shape index (κ1) is 20.8. The SMILES string of the molecule is CC(=O)c1cccc(NC(=O)[C@H](C)Sc2nc3ccccc3c(=O)n2C(C)C)c1. The van der Waals surface area contributed by atoms with Crippen LogP contribution >= 0.6 is 11.8 Å². The number of hydrogen-bond donors (Lipinski definition) is 1. The highest BCUT2D eigenvalue weighted by Crippen LogP contribution is 2.25. The number of anilines is 1. The van der Waals surface area contributed by atoms with Gasteiger partial charge in [-0.1, -0.05) is 36.0 Å². The molecule has 0 aliphatic heterocycles. The highest BCUT2D eigenvalue weighted by atomic mass is 32.2. The van der Waals surface area contributed by atoms with Crippen molar-refractivity contribution >= 4 is 40.0 Å². The van der Waals surface area contributed by atoms with Gasteiger partial charge in [0.25, 0.3) is 5.56 Å². The molecule has 0 spiro atoms. The van der Waals surface area contributed by atoms with Crippen LogP contribution in [0.4, 0.5) is 5.69 Å². The molecule has 1 amide bonds. The number of amides is 1. The number of nitrogens with one attached hydrogen (secondary N) is 1. The van der Waals surface area contributed by atoms with E-state index in [9.17, 15) is 14.4 Å². The van der Waals surface area contributed by atoms with Crippen molar-refractivity contribution in [3.63, 3.8) is 0 Å². The molecular formula is C22H23N3O3S. The van der Waals surface area contributed by atoms with E-state index in [4.69, 9.17) is 0 Å². The molecule has 0 unspecified atom stereocenters. The quantitative estimate of drug-likeness (QED) is 0.373. The molecule has 0 aliphatic rings. The fraction of sp³-hybridized carbons (Fsp3) is 0.273.